The van der Waals surface area contributed by atoms with Gasteiger partial charge >= 0.3 is 0 Å². The third-order valence-electron chi connectivity index (χ3n) is 2.57. The fraction of sp³-hybridized carbons (Fsp3) is 0.250. The van der Waals surface area contributed by atoms with Crippen molar-refractivity contribution in [2.75, 3.05) is 7.05 Å². The molecular weight excluding hydrogens is 250 g/mol. The smallest absolute Gasteiger partial charge is 0.270 e. The molecule has 94 valence electrons. The third-order valence-corrected chi connectivity index (χ3v) is 3.50. The van der Waals surface area contributed by atoms with Crippen molar-refractivity contribution in [2.24, 2.45) is 0 Å². The van der Waals surface area contributed by atoms with E-state index >= 15 is 0 Å². The van der Waals surface area contributed by atoms with Crippen LogP contribution in [0.1, 0.15) is 11.3 Å². The second-order valence-electron chi connectivity index (χ2n) is 3.93. The standard InChI is InChI=1S/C12H13N3O2S/c1-8-3-4-10(15(16)17)5-11(8)12-14-9(6-13-2)7-18-12/h3-5,7,13H,6H2,1-2H3. The first-order chi connectivity index (χ1) is 8.61. The van der Waals surface area contributed by atoms with E-state index in [0.29, 0.717) is 6.54 Å². The molecule has 5 nitrogen and oxygen atoms in total. The van der Waals surface area contributed by atoms with Crippen molar-refractivity contribution >= 4 is 17.0 Å². The largest absolute Gasteiger partial charge is 0.314 e. The Kier molecular flexibility index (Phi) is 3.69. The van der Waals surface area contributed by atoms with Crippen molar-refractivity contribution < 1.29 is 4.92 Å². The molecule has 0 bridgehead atoms. The molecule has 18 heavy (non-hydrogen) atoms. The molecule has 0 unspecified atom stereocenters. The summed E-state index contributed by atoms with van der Waals surface area (Å²) in [6.45, 7) is 2.63. The number of aryl methyl sites for hydroxylation is 1. The number of nitro benzene ring substituents is 1. The van der Waals surface area contributed by atoms with Crippen molar-refractivity contribution in [3.05, 3.63) is 45.0 Å². The molecule has 1 aromatic carbocycles. The molecule has 0 aliphatic carbocycles. The van der Waals surface area contributed by atoms with E-state index in [1.54, 1.807) is 12.1 Å². The fourth-order valence-corrected chi connectivity index (χ4v) is 2.55. The van der Waals surface area contributed by atoms with Crippen LogP contribution in [-0.4, -0.2) is 17.0 Å². The van der Waals surface area contributed by atoms with E-state index in [9.17, 15) is 10.1 Å². The minimum absolute atomic E-state index is 0.0981. The molecule has 0 amide bonds. The van der Waals surface area contributed by atoms with Crippen molar-refractivity contribution in [3.8, 4) is 10.6 Å². The average Bonchev–Trinajstić information content (AvgIpc) is 2.78. The maximum Gasteiger partial charge on any atom is 0.270 e. The third kappa shape index (κ3) is 2.55. The summed E-state index contributed by atoms with van der Waals surface area (Å²) in [7, 11) is 1.86. The topological polar surface area (TPSA) is 68.1 Å². The molecule has 2 rings (SSSR count). The number of thiazole rings is 1. The first kappa shape index (κ1) is 12.7. The summed E-state index contributed by atoms with van der Waals surface area (Å²) >= 11 is 1.50. The Labute approximate surface area is 109 Å². The minimum atomic E-state index is -0.384. The highest BCUT2D eigenvalue weighted by Gasteiger charge is 2.12. The molecule has 1 aromatic heterocycles. The summed E-state index contributed by atoms with van der Waals surface area (Å²) in [5.74, 6) is 0. The summed E-state index contributed by atoms with van der Waals surface area (Å²) in [6.07, 6.45) is 0. The van der Waals surface area contributed by atoms with Crippen LogP contribution in [0.25, 0.3) is 10.6 Å². The highest BCUT2D eigenvalue weighted by Crippen LogP contribution is 2.30. The van der Waals surface area contributed by atoms with Crippen LogP contribution in [0.5, 0.6) is 0 Å². The fourth-order valence-electron chi connectivity index (χ4n) is 1.65. The molecule has 6 heteroatoms. The lowest BCUT2D eigenvalue weighted by Gasteiger charge is -2.01. The number of nitrogens with one attached hydrogen (secondary N) is 1. The van der Waals surface area contributed by atoms with Crippen LogP contribution in [-0.2, 0) is 6.54 Å². The maximum absolute atomic E-state index is 10.8. The normalized spacial score (nSPS) is 10.6. The van der Waals surface area contributed by atoms with Crippen molar-refractivity contribution in [3.63, 3.8) is 0 Å². The highest BCUT2D eigenvalue weighted by atomic mass is 32.1. The van der Waals surface area contributed by atoms with Crippen LogP contribution in [0.3, 0.4) is 0 Å². The van der Waals surface area contributed by atoms with Gasteiger partial charge in [-0.1, -0.05) is 6.07 Å². The van der Waals surface area contributed by atoms with Gasteiger partial charge in [-0.3, -0.25) is 10.1 Å². The van der Waals surface area contributed by atoms with Gasteiger partial charge in [-0.2, -0.15) is 0 Å². The first-order valence-electron chi connectivity index (χ1n) is 5.46. The van der Waals surface area contributed by atoms with Gasteiger partial charge in [0.2, 0.25) is 0 Å². The predicted octanol–water partition coefficient (Wildman–Crippen LogP) is 2.75. The van der Waals surface area contributed by atoms with E-state index in [0.717, 1.165) is 21.8 Å². The summed E-state index contributed by atoms with van der Waals surface area (Å²) in [6, 6.07) is 4.85. The number of nitrogens with zero attached hydrogens (tertiary/aromatic N) is 2. The zero-order valence-corrected chi connectivity index (χ0v) is 11.0. The van der Waals surface area contributed by atoms with Gasteiger partial charge in [-0.05, 0) is 19.5 Å². The van der Waals surface area contributed by atoms with E-state index in [2.05, 4.69) is 10.3 Å². The maximum atomic E-state index is 10.8. The SMILES string of the molecule is CNCc1csc(-c2cc([N+](=O)[O-])ccc2C)n1. The van der Waals surface area contributed by atoms with E-state index < -0.39 is 0 Å². The molecule has 0 spiro atoms. The second-order valence-corrected chi connectivity index (χ2v) is 4.79. The minimum Gasteiger partial charge on any atom is -0.314 e. The van der Waals surface area contributed by atoms with E-state index in [-0.39, 0.29) is 10.6 Å². The molecule has 0 saturated heterocycles. The zero-order valence-electron chi connectivity index (χ0n) is 10.1. The van der Waals surface area contributed by atoms with Gasteiger partial charge in [0.1, 0.15) is 5.01 Å². The van der Waals surface area contributed by atoms with Gasteiger partial charge in [-0.25, -0.2) is 4.98 Å². The molecule has 1 heterocycles. The molecule has 0 radical (unpaired) electrons. The van der Waals surface area contributed by atoms with Gasteiger partial charge in [0.25, 0.3) is 5.69 Å². The summed E-state index contributed by atoms with van der Waals surface area (Å²) < 4.78 is 0. The summed E-state index contributed by atoms with van der Waals surface area (Å²) in [4.78, 5) is 14.9. The van der Waals surface area contributed by atoms with Gasteiger partial charge in [0.05, 0.1) is 10.6 Å². The molecule has 0 atom stereocenters. The van der Waals surface area contributed by atoms with Crippen LogP contribution < -0.4 is 5.32 Å². The van der Waals surface area contributed by atoms with Crippen LogP contribution in [0.2, 0.25) is 0 Å². The Bertz CT molecular complexity index is 580. The Balaban J connectivity index is 2.41. The van der Waals surface area contributed by atoms with Gasteiger partial charge in [-0.15, -0.1) is 11.3 Å². The molecule has 0 saturated carbocycles. The van der Waals surface area contributed by atoms with E-state index in [1.165, 1.54) is 17.4 Å². The van der Waals surface area contributed by atoms with E-state index in [4.69, 9.17) is 0 Å². The monoisotopic (exact) mass is 263 g/mol. The van der Waals surface area contributed by atoms with Gasteiger partial charge < -0.3 is 5.32 Å². The zero-order chi connectivity index (χ0) is 13.1. The van der Waals surface area contributed by atoms with Crippen molar-refractivity contribution in [1.29, 1.82) is 0 Å². The average molecular weight is 263 g/mol. The summed E-state index contributed by atoms with van der Waals surface area (Å²) in [5, 5.41) is 16.6. The van der Waals surface area contributed by atoms with Crippen LogP contribution in [0, 0.1) is 17.0 Å². The molecule has 2 aromatic rings. The predicted molar refractivity (Wildman–Crippen MR) is 71.7 cm³/mol. The van der Waals surface area contributed by atoms with Gasteiger partial charge in [0.15, 0.2) is 0 Å². The lowest BCUT2D eigenvalue weighted by Crippen LogP contribution is -2.04. The lowest BCUT2D eigenvalue weighted by molar-refractivity contribution is -0.384. The number of benzene rings is 1. The number of non-ortho nitro benzene ring substituents is 1. The number of rotatable bonds is 4. The van der Waals surface area contributed by atoms with Crippen molar-refractivity contribution in [1.82, 2.24) is 10.3 Å². The Morgan fingerprint density at radius 3 is 2.94 bits per heavy atom. The highest BCUT2D eigenvalue weighted by molar-refractivity contribution is 7.13. The number of hydrogen-bond acceptors (Lipinski definition) is 5. The summed E-state index contributed by atoms with van der Waals surface area (Å²) in [5.41, 5.74) is 2.87. The molecule has 0 aliphatic rings. The van der Waals surface area contributed by atoms with Crippen LogP contribution in [0.4, 0.5) is 5.69 Å². The van der Waals surface area contributed by atoms with Crippen LogP contribution >= 0.6 is 11.3 Å². The Hall–Kier alpha value is -1.79. The Morgan fingerprint density at radius 2 is 2.28 bits per heavy atom. The molecule has 0 fully saturated rings. The van der Waals surface area contributed by atoms with Gasteiger partial charge in [0, 0.05) is 29.6 Å². The quantitative estimate of drug-likeness (QED) is 0.680. The molecular formula is C12H13N3O2S. The van der Waals surface area contributed by atoms with E-state index in [1.807, 2.05) is 19.4 Å². The first-order valence-corrected chi connectivity index (χ1v) is 6.34. The second kappa shape index (κ2) is 5.24. The van der Waals surface area contributed by atoms with Crippen LogP contribution in [0.15, 0.2) is 23.6 Å². The number of nitro groups is 1. The number of hydrogen-bond donors (Lipinski definition) is 1. The Morgan fingerprint density at radius 1 is 1.50 bits per heavy atom. The number of aromatic nitrogens is 1. The molecule has 0 aliphatic heterocycles. The molecule has 1 N–H and O–H groups in total. The van der Waals surface area contributed by atoms with Crippen molar-refractivity contribution in [2.45, 2.75) is 13.5 Å². The lowest BCUT2D eigenvalue weighted by atomic mass is 10.1.